The molecule has 7 heterocycles. The quantitative estimate of drug-likeness (QED) is 0.180. The Kier molecular flexibility index (Phi) is 11.9. The minimum atomic E-state index is -0.818. The predicted molar refractivity (Wildman–Crippen MR) is 212 cm³/mol. The number of hydrogen-bond donors (Lipinski definition) is 2. The van der Waals surface area contributed by atoms with Crippen molar-refractivity contribution >= 4 is 39.8 Å². The first-order chi connectivity index (χ1) is 25.9. The summed E-state index contributed by atoms with van der Waals surface area (Å²) in [5, 5.41) is 5.52. The zero-order valence-corrected chi connectivity index (χ0v) is 36.0. The summed E-state index contributed by atoms with van der Waals surface area (Å²) in [6, 6.07) is 5.40. The van der Waals surface area contributed by atoms with Gasteiger partial charge in [0.05, 0.1) is 58.2 Å². The molecule has 6 bridgehead atoms. The Morgan fingerprint density at radius 1 is 1.15 bits per heavy atom. The number of aryl methyl sites for hydroxylation is 2. The molecule has 1 amide bonds. The van der Waals surface area contributed by atoms with Crippen LogP contribution in [-0.2, 0) is 44.9 Å². The Morgan fingerprint density at radius 3 is 2.69 bits per heavy atom. The molecular formula is C41H53N8NaO4S. The van der Waals surface area contributed by atoms with E-state index in [9.17, 15) is 9.59 Å². The number of pyridine rings is 1. The molecule has 1 aromatic carbocycles. The van der Waals surface area contributed by atoms with Gasteiger partial charge in [-0.2, -0.15) is 0 Å². The van der Waals surface area contributed by atoms with Crippen LogP contribution in [0, 0.1) is 18.3 Å². The number of anilines is 1. The summed E-state index contributed by atoms with van der Waals surface area (Å²) in [6.07, 6.45) is 5.17. The summed E-state index contributed by atoms with van der Waals surface area (Å²) in [6.45, 7) is 15.9. The molecule has 288 valence electrons. The predicted octanol–water partition coefficient (Wildman–Crippen LogP) is 1.79. The first-order valence-electron chi connectivity index (χ1n) is 19.3. The number of hydrazine groups is 1. The molecule has 4 aliphatic heterocycles. The number of cyclic esters (lactones) is 1. The van der Waals surface area contributed by atoms with Crippen LogP contribution in [0.3, 0.4) is 0 Å². The molecule has 55 heavy (non-hydrogen) atoms. The van der Waals surface area contributed by atoms with Crippen LogP contribution in [0.1, 0.15) is 61.5 Å². The smallest absolute Gasteiger partial charge is 0.464 e. The van der Waals surface area contributed by atoms with Gasteiger partial charge >= 0.3 is 35.5 Å². The van der Waals surface area contributed by atoms with Gasteiger partial charge in [0.2, 0.25) is 0 Å². The molecule has 12 nitrogen and oxygen atoms in total. The molecule has 8 rings (SSSR count). The van der Waals surface area contributed by atoms with Gasteiger partial charge in [-0.25, -0.2) is 10.4 Å². The van der Waals surface area contributed by atoms with Gasteiger partial charge in [-0.1, -0.05) is 13.8 Å². The van der Waals surface area contributed by atoms with Crippen molar-refractivity contribution in [2.45, 2.75) is 77.6 Å². The molecule has 3 N–H and O–H groups in total. The number of piperazine rings is 1. The maximum Gasteiger partial charge on any atom is 1.00 e. The minimum Gasteiger partial charge on any atom is -0.464 e. The molecule has 0 saturated carbocycles. The van der Waals surface area contributed by atoms with Crippen molar-refractivity contribution in [3.05, 3.63) is 58.5 Å². The second-order valence-corrected chi connectivity index (χ2v) is 17.5. The van der Waals surface area contributed by atoms with Gasteiger partial charge in [-0.3, -0.25) is 19.6 Å². The van der Waals surface area contributed by atoms with Crippen molar-refractivity contribution in [2.24, 2.45) is 17.1 Å². The second kappa shape index (κ2) is 16.2. The van der Waals surface area contributed by atoms with E-state index >= 15 is 0 Å². The van der Waals surface area contributed by atoms with E-state index in [0.717, 1.165) is 84.5 Å². The number of likely N-dealkylation sites (N-methyl/N-ethyl adjacent to an activating group) is 1. The van der Waals surface area contributed by atoms with Crippen LogP contribution in [0.25, 0.3) is 33.4 Å². The molecule has 0 spiro atoms. The number of amides is 1. The number of methoxy groups -OCH3 is 1. The van der Waals surface area contributed by atoms with Crippen LogP contribution in [0.2, 0.25) is 0 Å². The molecule has 0 radical (unpaired) electrons. The molecule has 0 aliphatic carbocycles. The molecule has 4 atom stereocenters. The number of nitrogens with zero attached hydrogens (tertiary/aromatic N) is 6. The number of nitrogens with two attached hydrogens (primary N) is 1. The Morgan fingerprint density at radius 2 is 1.93 bits per heavy atom. The molecular weight excluding hydrogens is 724 g/mol. The number of aromatic nitrogens is 3. The van der Waals surface area contributed by atoms with Crippen LogP contribution in [0.5, 0.6) is 0 Å². The van der Waals surface area contributed by atoms with Crippen LogP contribution >= 0.6 is 11.3 Å². The number of nitrogens with one attached hydrogen (secondary N) is 1. The van der Waals surface area contributed by atoms with Crippen molar-refractivity contribution in [2.75, 3.05) is 58.4 Å². The van der Waals surface area contributed by atoms with E-state index in [-0.39, 0.29) is 60.1 Å². The molecule has 2 saturated heterocycles. The Bertz CT molecular complexity index is 2070. The largest absolute Gasteiger partial charge is 1.00 e. The average molecular weight is 777 g/mol. The summed E-state index contributed by atoms with van der Waals surface area (Å²) in [4.78, 5) is 42.2. The third kappa shape index (κ3) is 8.01. The number of esters is 1. The van der Waals surface area contributed by atoms with E-state index in [2.05, 4.69) is 78.1 Å². The second-order valence-electron chi connectivity index (χ2n) is 16.5. The summed E-state index contributed by atoms with van der Waals surface area (Å²) in [7, 11) is 3.92. The number of carbonyl (C=O) groups excluding carboxylic acids is 2. The SMILES string of the molecule is [CH2-][C@@H]1CC2NN(C1)C(=O)C(N)Cc1nc(cs1)-c1cc3c4c(c1)c(c(-c1cc(N5CCN(C)CC5)cnc1C(C)OC)n4CCC3)CC(C)(C)COC2=O.[Na+]. The van der Waals surface area contributed by atoms with Gasteiger partial charge in [-0.05, 0) is 69.0 Å². The van der Waals surface area contributed by atoms with Gasteiger partial charge in [0.1, 0.15) is 6.04 Å². The van der Waals surface area contributed by atoms with E-state index in [0.29, 0.717) is 25.8 Å². The van der Waals surface area contributed by atoms with Crippen LogP contribution in [-0.4, -0.2) is 102 Å². The van der Waals surface area contributed by atoms with Gasteiger partial charge in [0.15, 0.2) is 0 Å². The number of fused-ring (bicyclic) bond motifs is 6. The molecule has 3 aromatic heterocycles. The van der Waals surface area contributed by atoms with E-state index < -0.39 is 17.5 Å². The van der Waals surface area contributed by atoms with E-state index in [4.69, 9.17) is 25.2 Å². The van der Waals surface area contributed by atoms with Gasteiger partial charge in [0, 0.05) is 80.1 Å². The fourth-order valence-corrected chi connectivity index (χ4v) is 9.48. The maximum absolute atomic E-state index is 13.7. The van der Waals surface area contributed by atoms with Crippen LogP contribution in [0.15, 0.2) is 29.8 Å². The van der Waals surface area contributed by atoms with Gasteiger partial charge < -0.3 is 36.5 Å². The number of carbonyl (C=O) groups is 2. The third-order valence-corrected chi connectivity index (χ3v) is 12.5. The standard InChI is InChI=1S/C41H53N8O4S.Na/c1-24-14-33-40(51)53-23-41(3,4)19-31-29-16-27(34-22-54-35(44-34)18-32(42)39(50)49(21-24)45-33)15-26-8-7-9-48(37(26)29)38(31)30-17-28(20-43-36(30)25(2)52-6)47-12-10-46(5)11-13-47;/h15-17,20,22,24-25,32-33,45H,1,7-14,18-19,21,23,42H2,2-6H3;/q-1;+1/t24-,25?,32?,33?;/m1./s1. The van der Waals surface area contributed by atoms with Crippen molar-refractivity contribution in [1.29, 1.82) is 0 Å². The number of hydrogen-bond acceptors (Lipinski definition) is 11. The minimum absolute atomic E-state index is 0. The topological polar surface area (TPSA) is 131 Å². The Hall–Kier alpha value is -2.88. The van der Waals surface area contributed by atoms with Crippen LogP contribution in [0.4, 0.5) is 5.69 Å². The van der Waals surface area contributed by atoms with Crippen LogP contribution < -0.4 is 45.6 Å². The molecule has 2 fully saturated rings. The normalized spacial score (nSPS) is 23.9. The molecule has 14 heteroatoms. The number of rotatable bonds is 4. The monoisotopic (exact) mass is 776 g/mol. The van der Waals surface area contributed by atoms with Crippen molar-refractivity contribution in [1.82, 2.24) is 29.9 Å². The number of benzene rings is 1. The Balaban J connectivity index is 0.00000465. The average Bonchev–Trinajstić information content (AvgIpc) is 3.75. The summed E-state index contributed by atoms with van der Waals surface area (Å²) >= 11 is 1.52. The first-order valence-corrected chi connectivity index (χ1v) is 20.2. The molecule has 4 aromatic rings. The summed E-state index contributed by atoms with van der Waals surface area (Å²) in [5.74, 6) is -0.816. The number of thiazole rings is 1. The zero-order valence-electron chi connectivity index (χ0n) is 33.2. The molecule has 3 unspecified atom stereocenters. The fourth-order valence-electron chi connectivity index (χ4n) is 8.62. The van der Waals surface area contributed by atoms with Gasteiger partial charge in [-0.15, -0.1) is 17.3 Å². The van der Waals surface area contributed by atoms with E-state index in [1.807, 2.05) is 6.20 Å². The first kappa shape index (κ1) is 40.3. The maximum atomic E-state index is 13.7. The van der Waals surface area contributed by atoms with Crippen molar-refractivity contribution in [3.8, 4) is 22.5 Å². The van der Waals surface area contributed by atoms with E-state index in [1.54, 1.807) is 7.11 Å². The van der Waals surface area contributed by atoms with Crippen molar-refractivity contribution in [3.63, 3.8) is 0 Å². The Labute approximate surface area is 350 Å². The molecule has 4 aliphatic rings. The fraction of sp³-hybridized carbons (Fsp3) is 0.537. The van der Waals surface area contributed by atoms with Crippen molar-refractivity contribution < 1.29 is 48.6 Å². The zero-order chi connectivity index (χ0) is 37.9. The van der Waals surface area contributed by atoms with Gasteiger partial charge in [0.25, 0.3) is 5.91 Å². The van der Waals surface area contributed by atoms with E-state index in [1.165, 1.54) is 38.4 Å². The third-order valence-electron chi connectivity index (χ3n) is 11.6. The summed E-state index contributed by atoms with van der Waals surface area (Å²) in [5.41, 5.74) is 19.1. The number of ether oxygens (including phenoxy) is 2. The summed E-state index contributed by atoms with van der Waals surface area (Å²) < 4.78 is 14.6.